The summed E-state index contributed by atoms with van der Waals surface area (Å²) < 4.78 is 22.0. The third kappa shape index (κ3) is 8.59. The number of nitrogens with one attached hydrogen (secondary N) is 1. The zero-order valence-electron chi connectivity index (χ0n) is 24.5. The molecule has 0 spiro atoms. The van der Waals surface area contributed by atoms with Gasteiger partial charge in [-0.05, 0) is 87.5 Å². The van der Waals surface area contributed by atoms with Crippen molar-refractivity contribution in [3.05, 3.63) is 11.7 Å². The van der Waals surface area contributed by atoms with E-state index >= 15 is 0 Å². The first-order chi connectivity index (χ1) is 17.3. The molecule has 1 N–H and O–H groups in total. The molecular weight excluding hydrogens is 492 g/mol. The lowest BCUT2D eigenvalue weighted by atomic mass is 10.1. The van der Waals surface area contributed by atoms with E-state index < -0.39 is 40.3 Å². The molecule has 2 fully saturated rings. The van der Waals surface area contributed by atoms with Gasteiger partial charge in [0, 0.05) is 12.6 Å². The van der Waals surface area contributed by atoms with E-state index in [1.165, 1.54) is 0 Å². The lowest BCUT2D eigenvalue weighted by Gasteiger charge is -2.30. The highest BCUT2D eigenvalue weighted by molar-refractivity contribution is 5.82. The molecule has 0 radical (unpaired) electrons. The summed E-state index contributed by atoms with van der Waals surface area (Å²) >= 11 is 0. The molecule has 11 heteroatoms. The Hall–Kier alpha value is -2.85. The highest BCUT2D eigenvalue weighted by Gasteiger charge is 2.54. The minimum atomic E-state index is -1.09. The molecule has 1 heterocycles. The molecule has 0 saturated heterocycles. The van der Waals surface area contributed by atoms with Crippen LogP contribution in [0.1, 0.15) is 100 Å². The van der Waals surface area contributed by atoms with Gasteiger partial charge in [0.15, 0.2) is 5.82 Å². The fourth-order valence-electron chi connectivity index (χ4n) is 4.05. The van der Waals surface area contributed by atoms with Crippen LogP contribution in [0.2, 0.25) is 0 Å². The number of ether oxygens (including phenoxy) is 3. The van der Waals surface area contributed by atoms with Crippen LogP contribution in [-0.2, 0) is 30.8 Å². The maximum atomic E-state index is 13.0. The van der Waals surface area contributed by atoms with Crippen molar-refractivity contribution < 1.29 is 33.1 Å². The van der Waals surface area contributed by atoms with E-state index in [0.29, 0.717) is 18.3 Å². The van der Waals surface area contributed by atoms with Gasteiger partial charge in [0.1, 0.15) is 22.8 Å². The van der Waals surface area contributed by atoms with Crippen molar-refractivity contribution in [2.45, 2.75) is 129 Å². The van der Waals surface area contributed by atoms with E-state index in [0.717, 1.165) is 19.3 Å². The predicted octanol–water partition coefficient (Wildman–Crippen LogP) is 4.52. The second-order valence-corrected chi connectivity index (χ2v) is 13.6. The first-order valence-corrected chi connectivity index (χ1v) is 13.3. The van der Waals surface area contributed by atoms with E-state index in [2.05, 4.69) is 22.4 Å². The number of carbonyl (C=O) groups excluding carboxylic acids is 3. The third-order valence-corrected chi connectivity index (χ3v) is 6.13. The summed E-state index contributed by atoms with van der Waals surface area (Å²) in [4.78, 5) is 44.7. The Kier molecular flexibility index (Phi) is 8.11. The van der Waals surface area contributed by atoms with Crippen LogP contribution in [0.25, 0.3) is 0 Å². The van der Waals surface area contributed by atoms with Gasteiger partial charge >= 0.3 is 18.2 Å². The smallest absolute Gasteiger partial charge is 0.410 e. The molecule has 2 aliphatic carbocycles. The Bertz CT molecular complexity index is 1030. The molecule has 3 atom stereocenters. The summed E-state index contributed by atoms with van der Waals surface area (Å²) in [5.74, 6) is 0.437. The van der Waals surface area contributed by atoms with Crippen molar-refractivity contribution in [1.82, 2.24) is 20.4 Å². The Morgan fingerprint density at radius 3 is 2.03 bits per heavy atom. The average molecular weight is 537 g/mol. The minimum absolute atomic E-state index is 0.0628. The number of hydrogen-bond donors (Lipinski definition) is 1. The number of aromatic nitrogens is 2. The lowest BCUT2D eigenvalue weighted by Crippen LogP contribution is -2.47. The minimum Gasteiger partial charge on any atom is -0.458 e. The molecule has 0 aliphatic heterocycles. The van der Waals surface area contributed by atoms with E-state index in [-0.39, 0.29) is 24.4 Å². The first kappa shape index (κ1) is 29.7. The maximum Gasteiger partial charge on any atom is 0.410 e. The number of rotatable bonds is 8. The first-order valence-electron chi connectivity index (χ1n) is 13.3. The highest BCUT2D eigenvalue weighted by atomic mass is 16.6. The van der Waals surface area contributed by atoms with Gasteiger partial charge in [-0.3, -0.25) is 0 Å². The van der Waals surface area contributed by atoms with Crippen LogP contribution in [0.4, 0.5) is 9.59 Å². The molecule has 38 heavy (non-hydrogen) atoms. The summed E-state index contributed by atoms with van der Waals surface area (Å²) in [5, 5.41) is 6.77. The number of amides is 2. The second-order valence-electron chi connectivity index (χ2n) is 13.6. The molecule has 2 amide bonds. The van der Waals surface area contributed by atoms with Gasteiger partial charge in [0.25, 0.3) is 0 Å². The third-order valence-electron chi connectivity index (χ3n) is 6.13. The molecule has 0 aromatic carbocycles. The number of esters is 1. The Morgan fingerprint density at radius 1 is 1.00 bits per heavy atom. The van der Waals surface area contributed by atoms with Crippen LogP contribution in [0, 0.1) is 5.92 Å². The summed E-state index contributed by atoms with van der Waals surface area (Å²) in [6, 6.07) is -0.957. The monoisotopic (exact) mass is 536 g/mol. The Balaban J connectivity index is 1.74. The molecule has 1 aromatic heterocycles. The van der Waals surface area contributed by atoms with Gasteiger partial charge < -0.3 is 29.0 Å². The van der Waals surface area contributed by atoms with Crippen molar-refractivity contribution in [2.75, 3.05) is 6.54 Å². The number of nitrogens with zero attached hydrogens (tertiary/aromatic N) is 3. The molecule has 2 saturated carbocycles. The van der Waals surface area contributed by atoms with Gasteiger partial charge in [-0.25, -0.2) is 14.4 Å². The summed E-state index contributed by atoms with van der Waals surface area (Å²) in [7, 11) is 0. The van der Waals surface area contributed by atoms with E-state index in [1.807, 2.05) is 20.8 Å². The summed E-state index contributed by atoms with van der Waals surface area (Å²) in [5.41, 5.74) is -2.52. The summed E-state index contributed by atoms with van der Waals surface area (Å²) in [6.07, 6.45) is 1.38. The van der Waals surface area contributed by atoms with Gasteiger partial charge in [0.2, 0.25) is 5.89 Å². The van der Waals surface area contributed by atoms with Gasteiger partial charge in [0.05, 0.1) is 11.8 Å². The molecule has 0 unspecified atom stereocenters. The molecular formula is C27H44N4O7. The SMILES string of the molecule is C[C@@H]1C[C@H]1N(CC1(c2noc(C[C@H](NC(=O)OC(C)(C)C)C(=O)OC(C)(C)C)n2)CC1)C(=O)OC(C)(C)C. The van der Waals surface area contributed by atoms with Crippen LogP contribution in [0.5, 0.6) is 0 Å². The van der Waals surface area contributed by atoms with E-state index in [1.54, 1.807) is 46.4 Å². The van der Waals surface area contributed by atoms with Crippen molar-refractivity contribution >= 4 is 18.2 Å². The number of hydrogen-bond acceptors (Lipinski definition) is 9. The van der Waals surface area contributed by atoms with Gasteiger partial charge in [-0.15, -0.1) is 0 Å². The number of alkyl carbamates (subject to hydrolysis) is 1. The molecule has 0 bridgehead atoms. The molecule has 3 rings (SSSR count). The van der Waals surface area contributed by atoms with Crippen LogP contribution in [0.3, 0.4) is 0 Å². The zero-order valence-corrected chi connectivity index (χ0v) is 24.5. The number of carbonyl (C=O) groups is 3. The fourth-order valence-corrected chi connectivity index (χ4v) is 4.05. The Morgan fingerprint density at radius 2 is 1.55 bits per heavy atom. The van der Waals surface area contributed by atoms with Crippen molar-refractivity contribution in [3.8, 4) is 0 Å². The molecule has 214 valence electrons. The normalized spacial score (nSPS) is 21.2. The quantitative estimate of drug-likeness (QED) is 0.376. The van der Waals surface area contributed by atoms with Crippen LogP contribution in [0.15, 0.2) is 4.52 Å². The van der Waals surface area contributed by atoms with E-state index in [9.17, 15) is 14.4 Å². The highest BCUT2D eigenvalue weighted by Crippen LogP contribution is 2.49. The van der Waals surface area contributed by atoms with Crippen molar-refractivity contribution in [2.24, 2.45) is 5.92 Å². The zero-order chi connectivity index (χ0) is 28.7. The predicted molar refractivity (Wildman–Crippen MR) is 138 cm³/mol. The molecule has 11 nitrogen and oxygen atoms in total. The maximum absolute atomic E-state index is 13.0. The van der Waals surface area contributed by atoms with Gasteiger partial charge in [-0.1, -0.05) is 12.1 Å². The lowest BCUT2D eigenvalue weighted by molar-refractivity contribution is -0.157. The standard InChI is InChI=1S/C27H44N4O7/c1-16-13-18(16)31(23(34)37-26(8,9)10)15-27(11-12-27)21-29-19(38-30-21)14-17(20(32)35-24(2,3)4)28-22(33)36-25(5,6)7/h16-18H,11-15H2,1-10H3,(H,28,33)/t16-,17+,18-/m1/s1. The Labute approximate surface area is 225 Å². The molecule has 2 aliphatic rings. The summed E-state index contributed by atoms with van der Waals surface area (Å²) in [6.45, 7) is 18.5. The average Bonchev–Trinajstić information content (AvgIpc) is 3.59. The van der Waals surface area contributed by atoms with Gasteiger partial charge in [-0.2, -0.15) is 4.98 Å². The van der Waals surface area contributed by atoms with Crippen LogP contribution >= 0.6 is 0 Å². The van der Waals surface area contributed by atoms with E-state index in [4.69, 9.17) is 18.7 Å². The largest absolute Gasteiger partial charge is 0.458 e. The van der Waals surface area contributed by atoms with Crippen LogP contribution < -0.4 is 5.32 Å². The van der Waals surface area contributed by atoms with Crippen molar-refractivity contribution in [3.63, 3.8) is 0 Å². The fraction of sp³-hybridized carbons (Fsp3) is 0.815. The van der Waals surface area contributed by atoms with Crippen LogP contribution in [-0.4, -0.2) is 68.6 Å². The second kappa shape index (κ2) is 10.4. The van der Waals surface area contributed by atoms with Crippen molar-refractivity contribution in [1.29, 1.82) is 0 Å². The topological polar surface area (TPSA) is 133 Å². The molecule has 1 aromatic rings.